The summed E-state index contributed by atoms with van der Waals surface area (Å²) in [7, 11) is 0.742. The zero-order valence-electron chi connectivity index (χ0n) is 12.9. The standard InChI is InChI=1S/C14H19BN2O4/c1-13(2)14(3,4)21-15(20-13)11-10(12(19)16-5)7-6-9(8-18)17-11/h6-8H,1-5H3,(H,16,19). The zero-order chi connectivity index (χ0) is 15.8. The number of rotatable bonds is 3. The smallest absolute Gasteiger partial charge is 0.398 e. The Labute approximate surface area is 124 Å². The van der Waals surface area contributed by atoms with E-state index in [0.29, 0.717) is 17.4 Å². The molecule has 1 N–H and O–H groups in total. The summed E-state index contributed by atoms with van der Waals surface area (Å²) in [5.74, 6) is -0.301. The Hall–Kier alpha value is -1.73. The van der Waals surface area contributed by atoms with Crippen LogP contribution in [0.5, 0.6) is 0 Å². The Balaban J connectivity index is 2.48. The largest absolute Gasteiger partial charge is 0.515 e. The highest BCUT2D eigenvalue weighted by Crippen LogP contribution is 2.36. The lowest BCUT2D eigenvalue weighted by molar-refractivity contribution is 0.00578. The van der Waals surface area contributed by atoms with Crippen molar-refractivity contribution in [2.45, 2.75) is 38.9 Å². The van der Waals surface area contributed by atoms with E-state index in [9.17, 15) is 9.59 Å². The molecule has 1 saturated heterocycles. The number of carbonyl (C=O) groups is 2. The summed E-state index contributed by atoms with van der Waals surface area (Å²) in [5.41, 5.74) is -0.209. The lowest BCUT2D eigenvalue weighted by Crippen LogP contribution is -2.42. The Morgan fingerprint density at radius 2 is 1.81 bits per heavy atom. The van der Waals surface area contributed by atoms with Gasteiger partial charge in [0.15, 0.2) is 6.29 Å². The van der Waals surface area contributed by atoms with Gasteiger partial charge in [0.2, 0.25) is 0 Å². The van der Waals surface area contributed by atoms with Crippen molar-refractivity contribution in [1.29, 1.82) is 0 Å². The molecule has 1 fully saturated rings. The molecule has 6 nitrogen and oxygen atoms in total. The van der Waals surface area contributed by atoms with Gasteiger partial charge < -0.3 is 14.6 Å². The first-order valence-electron chi connectivity index (χ1n) is 6.75. The first kappa shape index (κ1) is 15.7. The molecule has 0 spiro atoms. The number of amides is 1. The molecular weight excluding hydrogens is 271 g/mol. The predicted octanol–water partition coefficient (Wildman–Crippen LogP) is 0.553. The van der Waals surface area contributed by atoms with E-state index >= 15 is 0 Å². The van der Waals surface area contributed by atoms with Gasteiger partial charge in [-0.2, -0.15) is 0 Å². The molecule has 1 aromatic heterocycles. The van der Waals surface area contributed by atoms with E-state index in [2.05, 4.69) is 10.3 Å². The summed E-state index contributed by atoms with van der Waals surface area (Å²) in [6, 6.07) is 3.04. The average molecular weight is 290 g/mol. The number of hydrogen-bond donors (Lipinski definition) is 1. The molecule has 0 saturated carbocycles. The van der Waals surface area contributed by atoms with Crippen molar-refractivity contribution in [2.24, 2.45) is 0 Å². The lowest BCUT2D eigenvalue weighted by Gasteiger charge is -2.32. The third-order valence-corrected chi connectivity index (χ3v) is 4.02. The van der Waals surface area contributed by atoms with E-state index in [0.717, 1.165) is 0 Å². The van der Waals surface area contributed by atoms with E-state index in [1.165, 1.54) is 13.1 Å². The maximum atomic E-state index is 12.0. The molecule has 0 unspecified atom stereocenters. The van der Waals surface area contributed by atoms with Gasteiger partial charge in [0, 0.05) is 7.05 Å². The summed E-state index contributed by atoms with van der Waals surface area (Å²) >= 11 is 0. The molecule has 0 atom stereocenters. The summed E-state index contributed by atoms with van der Waals surface area (Å²) < 4.78 is 11.8. The van der Waals surface area contributed by atoms with Crippen LogP contribution in [0.15, 0.2) is 12.1 Å². The van der Waals surface area contributed by atoms with Crippen molar-refractivity contribution < 1.29 is 18.9 Å². The topological polar surface area (TPSA) is 77.5 Å². The molecule has 0 aliphatic carbocycles. The molecule has 2 heterocycles. The molecule has 0 aromatic carbocycles. The first-order chi connectivity index (χ1) is 9.71. The van der Waals surface area contributed by atoms with E-state index in [-0.39, 0.29) is 11.6 Å². The van der Waals surface area contributed by atoms with Crippen molar-refractivity contribution in [3.8, 4) is 0 Å². The number of aldehydes is 1. The van der Waals surface area contributed by atoms with Crippen LogP contribution >= 0.6 is 0 Å². The van der Waals surface area contributed by atoms with E-state index in [4.69, 9.17) is 9.31 Å². The van der Waals surface area contributed by atoms with Crippen LogP contribution in [0.4, 0.5) is 0 Å². The van der Waals surface area contributed by atoms with E-state index in [1.54, 1.807) is 6.07 Å². The molecule has 7 heteroatoms. The van der Waals surface area contributed by atoms with Crippen molar-refractivity contribution in [3.05, 3.63) is 23.4 Å². The first-order valence-corrected chi connectivity index (χ1v) is 6.75. The number of aromatic nitrogens is 1. The second-order valence-corrected chi connectivity index (χ2v) is 5.95. The van der Waals surface area contributed by atoms with Gasteiger partial charge in [-0.05, 0) is 39.8 Å². The highest BCUT2D eigenvalue weighted by molar-refractivity contribution is 6.62. The number of hydrogen-bond acceptors (Lipinski definition) is 5. The molecule has 1 amide bonds. The van der Waals surface area contributed by atoms with Crippen molar-refractivity contribution >= 4 is 24.9 Å². The maximum Gasteiger partial charge on any atom is 0.515 e. The van der Waals surface area contributed by atoms with Crippen LogP contribution in [0.25, 0.3) is 0 Å². The fourth-order valence-electron chi connectivity index (χ4n) is 2.02. The van der Waals surface area contributed by atoms with Crippen LogP contribution in [-0.2, 0) is 9.31 Å². The molecular formula is C14H19BN2O4. The third kappa shape index (κ3) is 2.71. The monoisotopic (exact) mass is 290 g/mol. The molecule has 112 valence electrons. The van der Waals surface area contributed by atoms with Crippen LogP contribution in [-0.4, -0.2) is 42.5 Å². The third-order valence-electron chi connectivity index (χ3n) is 4.02. The Kier molecular flexibility index (Phi) is 3.90. The van der Waals surface area contributed by atoms with Crippen molar-refractivity contribution in [2.75, 3.05) is 7.05 Å². The second-order valence-electron chi connectivity index (χ2n) is 5.95. The summed E-state index contributed by atoms with van der Waals surface area (Å²) in [6.07, 6.45) is 0.627. The summed E-state index contributed by atoms with van der Waals surface area (Å²) in [4.78, 5) is 27.1. The van der Waals surface area contributed by atoms with Gasteiger partial charge in [0.05, 0.1) is 22.4 Å². The number of pyridine rings is 1. The van der Waals surface area contributed by atoms with Gasteiger partial charge >= 0.3 is 7.12 Å². The highest BCUT2D eigenvalue weighted by atomic mass is 16.7. The zero-order valence-corrected chi connectivity index (χ0v) is 12.9. The second kappa shape index (κ2) is 5.24. The lowest BCUT2D eigenvalue weighted by atomic mass is 9.80. The number of nitrogens with one attached hydrogen (secondary N) is 1. The van der Waals surface area contributed by atoms with Gasteiger partial charge in [0.1, 0.15) is 5.69 Å². The van der Waals surface area contributed by atoms with Crippen molar-refractivity contribution in [1.82, 2.24) is 10.3 Å². The summed E-state index contributed by atoms with van der Waals surface area (Å²) in [6.45, 7) is 7.65. The molecule has 1 aliphatic heterocycles. The molecule has 0 radical (unpaired) electrons. The van der Waals surface area contributed by atoms with Gasteiger partial charge in [-0.25, -0.2) is 0 Å². The van der Waals surface area contributed by atoms with E-state index < -0.39 is 18.3 Å². The maximum absolute atomic E-state index is 12.0. The van der Waals surface area contributed by atoms with Crippen LogP contribution in [0.2, 0.25) is 0 Å². The molecule has 1 aromatic rings. The number of nitrogens with zero attached hydrogens (tertiary/aromatic N) is 1. The van der Waals surface area contributed by atoms with Gasteiger partial charge in [-0.1, -0.05) is 0 Å². The van der Waals surface area contributed by atoms with Crippen LogP contribution in [0.1, 0.15) is 48.5 Å². The Morgan fingerprint density at radius 1 is 1.24 bits per heavy atom. The minimum Gasteiger partial charge on any atom is -0.398 e. The average Bonchev–Trinajstić information content (AvgIpc) is 2.66. The molecule has 0 bridgehead atoms. The van der Waals surface area contributed by atoms with E-state index in [1.807, 2.05) is 27.7 Å². The predicted molar refractivity (Wildman–Crippen MR) is 78.7 cm³/mol. The quantitative estimate of drug-likeness (QED) is 0.650. The SMILES string of the molecule is CNC(=O)c1ccc(C=O)nc1B1OC(C)(C)C(C)(C)O1. The van der Waals surface area contributed by atoms with Crippen LogP contribution in [0, 0.1) is 0 Å². The molecule has 1 aliphatic rings. The number of carbonyl (C=O) groups excluding carboxylic acids is 2. The van der Waals surface area contributed by atoms with Crippen molar-refractivity contribution in [3.63, 3.8) is 0 Å². The fraction of sp³-hybridized carbons (Fsp3) is 0.500. The Morgan fingerprint density at radius 3 is 2.29 bits per heavy atom. The van der Waals surface area contributed by atoms with Crippen LogP contribution < -0.4 is 10.9 Å². The normalized spacial score (nSPS) is 19.4. The minimum absolute atomic E-state index is 0.229. The molecule has 2 rings (SSSR count). The fourth-order valence-corrected chi connectivity index (χ4v) is 2.02. The Bertz CT molecular complexity index is 570. The van der Waals surface area contributed by atoms with Gasteiger partial charge in [-0.3, -0.25) is 14.6 Å². The minimum atomic E-state index is -0.790. The van der Waals surface area contributed by atoms with Gasteiger partial charge in [0.25, 0.3) is 5.91 Å². The van der Waals surface area contributed by atoms with Crippen LogP contribution in [0.3, 0.4) is 0 Å². The highest BCUT2D eigenvalue weighted by Gasteiger charge is 2.53. The molecule has 21 heavy (non-hydrogen) atoms. The summed E-state index contributed by atoms with van der Waals surface area (Å²) in [5, 5.41) is 2.55. The van der Waals surface area contributed by atoms with Gasteiger partial charge in [-0.15, -0.1) is 0 Å².